The van der Waals surface area contributed by atoms with E-state index in [2.05, 4.69) is 11.0 Å². The molecule has 2 fully saturated rings. The van der Waals surface area contributed by atoms with Crippen molar-refractivity contribution in [2.75, 3.05) is 4.90 Å². The Bertz CT molecular complexity index is 533. The van der Waals surface area contributed by atoms with Crippen molar-refractivity contribution in [2.45, 2.75) is 37.8 Å². The van der Waals surface area contributed by atoms with Crippen LogP contribution in [0.1, 0.15) is 31.2 Å². The van der Waals surface area contributed by atoms with Crippen LogP contribution >= 0.6 is 11.6 Å². The maximum absolute atomic E-state index is 11.6. The maximum atomic E-state index is 11.6. The summed E-state index contributed by atoms with van der Waals surface area (Å²) < 4.78 is 0. The van der Waals surface area contributed by atoms with Gasteiger partial charge in [-0.3, -0.25) is 4.79 Å². The molecule has 0 aromatic heterocycles. The third-order valence-electron chi connectivity index (χ3n) is 3.90. The molecule has 2 aliphatic heterocycles. The highest BCUT2D eigenvalue weighted by Gasteiger charge is 2.40. The van der Waals surface area contributed by atoms with Gasteiger partial charge in [-0.1, -0.05) is 11.6 Å². The first-order valence-electron chi connectivity index (χ1n) is 6.18. The molecule has 4 heteroatoms. The van der Waals surface area contributed by atoms with Crippen molar-refractivity contribution in [3.05, 3.63) is 28.8 Å². The SMILES string of the molecule is N#Cc1ccc(Cl)c(N2C3CCC2CC(=O)C3)c1. The van der Waals surface area contributed by atoms with E-state index in [4.69, 9.17) is 16.9 Å². The van der Waals surface area contributed by atoms with Crippen LogP contribution in [0.2, 0.25) is 5.02 Å². The van der Waals surface area contributed by atoms with Gasteiger partial charge < -0.3 is 4.90 Å². The number of nitrogens with zero attached hydrogens (tertiary/aromatic N) is 2. The molecule has 0 amide bonds. The van der Waals surface area contributed by atoms with Crippen molar-refractivity contribution in [3.63, 3.8) is 0 Å². The Hall–Kier alpha value is -1.53. The number of hydrogen-bond donors (Lipinski definition) is 0. The monoisotopic (exact) mass is 260 g/mol. The van der Waals surface area contributed by atoms with Gasteiger partial charge in [0, 0.05) is 24.9 Å². The molecule has 1 aromatic rings. The summed E-state index contributed by atoms with van der Waals surface area (Å²) in [6.45, 7) is 0. The Morgan fingerprint density at radius 1 is 1.28 bits per heavy atom. The molecular formula is C14H13ClN2O. The predicted octanol–water partition coefficient (Wildman–Crippen LogP) is 2.91. The van der Waals surface area contributed by atoms with Gasteiger partial charge in [-0.05, 0) is 31.0 Å². The lowest BCUT2D eigenvalue weighted by molar-refractivity contribution is -0.120. The van der Waals surface area contributed by atoms with Gasteiger partial charge in [-0.25, -0.2) is 0 Å². The summed E-state index contributed by atoms with van der Waals surface area (Å²) in [7, 11) is 0. The van der Waals surface area contributed by atoms with E-state index < -0.39 is 0 Å². The molecule has 2 bridgehead atoms. The van der Waals surface area contributed by atoms with Gasteiger partial charge in [0.05, 0.1) is 22.3 Å². The van der Waals surface area contributed by atoms with Gasteiger partial charge in [0.25, 0.3) is 0 Å². The van der Waals surface area contributed by atoms with E-state index in [1.165, 1.54) is 0 Å². The summed E-state index contributed by atoms with van der Waals surface area (Å²) in [6, 6.07) is 8.00. The summed E-state index contributed by atoms with van der Waals surface area (Å²) in [5.41, 5.74) is 1.53. The zero-order valence-electron chi connectivity index (χ0n) is 9.90. The van der Waals surface area contributed by atoms with E-state index in [0.717, 1.165) is 18.5 Å². The molecule has 18 heavy (non-hydrogen) atoms. The molecule has 3 nitrogen and oxygen atoms in total. The molecule has 3 rings (SSSR count). The number of piperidine rings is 1. The molecule has 0 saturated carbocycles. The lowest BCUT2D eigenvalue weighted by Gasteiger charge is -2.36. The van der Waals surface area contributed by atoms with E-state index in [1.54, 1.807) is 12.1 Å². The van der Waals surface area contributed by atoms with Crippen molar-refractivity contribution < 1.29 is 4.79 Å². The summed E-state index contributed by atoms with van der Waals surface area (Å²) in [5, 5.41) is 9.64. The van der Waals surface area contributed by atoms with Gasteiger partial charge in [0.2, 0.25) is 0 Å². The van der Waals surface area contributed by atoms with Crippen LogP contribution < -0.4 is 4.90 Å². The Balaban J connectivity index is 2.01. The molecule has 0 N–H and O–H groups in total. The van der Waals surface area contributed by atoms with Gasteiger partial charge in [0.15, 0.2) is 0 Å². The Labute approximate surface area is 111 Å². The number of carbonyl (C=O) groups is 1. The fourth-order valence-corrected chi connectivity index (χ4v) is 3.36. The second-order valence-electron chi connectivity index (χ2n) is 5.02. The Morgan fingerprint density at radius 3 is 2.56 bits per heavy atom. The summed E-state index contributed by atoms with van der Waals surface area (Å²) in [4.78, 5) is 13.9. The number of Topliss-reactive ketones (excluding diaryl/α,β-unsaturated/α-hetero) is 1. The second kappa shape index (κ2) is 4.29. The molecule has 2 saturated heterocycles. The standard InChI is InChI=1S/C14H13ClN2O/c15-13-4-1-9(8-16)5-14(13)17-10-2-3-11(17)7-12(18)6-10/h1,4-5,10-11H,2-3,6-7H2. The molecule has 2 atom stereocenters. The van der Waals surface area contributed by atoms with E-state index in [1.807, 2.05) is 6.07 Å². The van der Waals surface area contributed by atoms with Gasteiger partial charge >= 0.3 is 0 Å². The lowest BCUT2D eigenvalue weighted by atomic mass is 10.00. The molecule has 0 aliphatic carbocycles. The van der Waals surface area contributed by atoms with Gasteiger partial charge in [-0.2, -0.15) is 5.26 Å². The average molecular weight is 261 g/mol. The maximum Gasteiger partial charge on any atom is 0.137 e. The molecule has 2 heterocycles. The third kappa shape index (κ3) is 1.77. The topological polar surface area (TPSA) is 44.1 Å². The minimum absolute atomic E-state index is 0.266. The smallest absolute Gasteiger partial charge is 0.137 e. The van der Waals surface area contributed by atoms with E-state index in [9.17, 15) is 4.79 Å². The molecule has 92 valence electrons. The van der Waals surface area contributed by atoms with Crippen molar-refractivity contribution in [1.29, 1.82) is 5.26 Å². The van der Waals surface area contributed by atoms with Crippen LogP contribution in [-0.4, -0.2) is 17.9 Å². The van der Waals surface area contributed by atoms with Gasteiger partial charge in [0.1, 0.15) is 5.78 Å². The molecule has 0 spiro atoms. The number of carbonyl (C=O) groups excluding carboxylic acids is 1. The first-order valence-corrected chi connectivity index (χ1v) is 6.56. The van der Waals surface area contributed by atoms with Crippen LogP contribution in [0.3, 0.4) is 0 Å². The van der Waals surface area contributed by atoms with Crippen LogP contribution in [0.4, 0.5) is 5.69 Å². The van der Waals surface area contributed by atoms with E-state index in [0.29, 0.717) is 29.2 Å². The average Bonchev–Trinajstić information content (AvgIpc) is 2.63. The fraction of sp³-hybridized carbons (Fsp3) is 0.429. The van der Waals surface area contributed by atoms with Gasteiger partial charge in [-0.15, -0.1) is 0 Å². The summed E-state index contributed by atoms with van der Waals surface area (Å²) in [5.74, 6) is 0.353. The molecule has 0 radical (unpaired) electrons. The number of hydrogen-bond acceptors (Lipinski definition) is 3. The second-order valence-corrected chi connectivity index (χ2v) is 5.42. The quantitative estimate of drug-likeness (QED) is 0.780. The Morgan fingerprint density at radius 2 is 1.94 bits per heavy atom. The number of ketones is 1. The van der Waals surface area contributed by atoms with Crippen LogP contribution in [0.25, 0.3) is 0 Å². The number of anilines is 1. The van der Waals surface area contributed by atoms with Crippen molar-refractivity contribution in [3.8, 4) is 6.07 Å². The summed E-state index contributed by atoms with van der Waals surface area (Å²) >= 11 is 6.25. The molecule has 2 aliphatic rings. The zero-order chi connectivity index (χ0) is 12.7. The minimum atomic E-state index is 0.266. The third-order valence-corrected chi connectivity index (χ3v) is 4.22. The first-order chi connectivity index (χ1) is 8.69. The van der Waals surface area contributed by atoms with E-state index in [-0.39, 0.29) is 12.1 Å². The lowest BCUT2D eigenvalue weighted by Crippen LogP contribution is -2.43. The van der Waals surface area contributed by atoms with Crippen LogP contribution in [0.5, 0.6) is 0 Å². The number of rotatable bonds is 1. The van der Waals surface area contributed by atoms with Crippen molar-refractivity contribution >= 4 is 23.1 Å². The number of benzene rings is 1. The van der Waals surface area contributed by atoms with Crippen LogP contribution in [0.15, 0.2) is 18.2 Å². The van der Waals surface area contributed by atoms with Crippen LogP contribution in [0, 0.1) is 11.3 Å². The zero-order valence-corrected chi connectivity index (χ0v) is 10.7. The normalized spacial score (nSPS) is 26.2. The highest BCUT2D eigenvalue weighted by Crippen LogP contribution is 2.41. The van der Waals surface area contributed by atoms with Crippen molar-refractivity contribution in [2.24, 2.45) is 0 Å². The van der Waals surface area contributed by atoms with E-state index >= 15 is 0 Å². The largest absolute Gasteiger partial charge is 0.363 e. The number of fused-ring (bicyclic) bond motifs is 2. The number of nitriles is 1. The molecular weight excluding hydrogens is 248 g/mol. The Kier molecular flexibility index (Phi) is 2.76. The number of halogens is 1. The summed E-state index contributed by atoms with van der Waals surface area (Å²) in [6.07, 6.45) is 3.32. The highest BCUT2D eigenvalue weighted by molar-refractivity contribution is 6.33. The fourth-order valence-electron chi connectivity index (χ4n) is 3.14. The minimum Gasteiger partial charge on any atom is -0.363 e. The first kappa shape index (κ1) is 11.6. The predicted molar refractivity (Wildman–Crippen MR) is 69.7 cm³/mol. The highest BCUT2D eigenvalue weighted by atomic mass is 35.5. The molecule has 2 unspecified atom stereocenters. The molecule has 1 aromatic carbocycles. The van der Waals surface area contributed by atoms with Crippen molar-refractivity contribution in [1.82, 2.24) is 0 Å². The van der Waals surface area contributed by atoms with Crippen LogP contribution in [-0.2, 0) is 4.79 Å².